The van der Waals surface area contributed by atoms with Crippen LogP contribution in [0.3, 0.4) is 0 Å². The standard InChI is InChI=1S/C14H15ClN4OS/c15-9-1-4-11(8(5-9)7-17-10-2-3-10)21-14-18-12(16)6-13(20)19-14/h1,4-6,10,17H,2-3,7H2,(H3,16,18,19,20). The number of halogens is 1. The van der Waals surface area contributed by atoms with E-state index in [1.54, 1.807) is 0 Å². The van der Waals surface area contributed by atoms with Gasteiger partial charge in [-0.1, -0.05) is 23.4 Å². The Morgan fingerprint density at radius 3 is 2.95 bits per heavy atom. The minimum Gasteiger partial charge on any atom is -0.383 e. The summed E-state index contributed by atoms with van der Waals surface area (Å²) in [6.45, 7) is 0.750. The molecule has 0 aliphatic heterocycles. The number of rotatable bonds is 5. The van der Waals surface area contributed by atoms with Gasteiger partial charge in [-0.25, -0.2) is 4.98 Å². The van der Waals surface area contributed by atoms with Gasteiger partial charge in [0.05, 0.1) is 0 Å². The van der Waals surface area contributed by atoms with Crippen molar-refractivity contribution in [2.45, 2.75) is 35.5 Å². The molecule has 0 spiro atoms. The fourth-order valence-electron chi connectivity index (χ4n) is 1.93. The number of nitrogens with zero attached hydrogens (tertiary/aromatic N) is 1. The topological polar surface area (TPSA) is 83.8 Å². The molecule has 0 bridgehead atoms. The minimum absolute atomic E-state index is 0.216. The van der Waals surface area contributed by atoms with E-state index < -0.39 is 0 Å². The third-order valence-corrected chi connectivity index (χ3v) is 4.37. The average molecular weight is 323 g/mol. The van der Waals surface area contributed by atoms with E-state index in [4.69, 9.17) is 17.3 Å². The highest BCUT2D eigenvalue weighted by Crippen LogP contribution is 2.30. The Bertz CT molecular complexity index is 714. The molecule has 1 aliphatic rings. The minimum atomic E-state index is -0.253. The normalized spacial score (nSPS) is 14.3. The van der Waals surface area contributed by atoms with Crippen LogP contribution in [0.15, 0.2) is 39.1 Å². The van der Waals surface area contributed by atoms with Crippen LogP contribution in [0.5, 0.6) is 0 Å². The Hall–Kier alpha value is -1.50. The number of hydrogen-bond acceptors (Lipinski definition) is 5. The third-order valence-electron chi connectivity index (χ3n) is 3.13. The van der Waals surface area contributed by atoms with Gasteiger partial charge in [0.2, 0.25) is 0 Å². The molecule has 21 heavy (non-hydrogen) atoms. The second-order valence-corrected chi connectivity index (χ2v) is 6.45. The number of nitrogens with one attached hydrogen (secondary N) is 2. The summed E-state index contributed by atoms with van der Waals surface area (Å²) in [4.78, 5) is 19.3. The first-order chi connectivity index (χ1) is 10.1. The van der Waals surface area contributed by atoms with Crippen LogP contribution < -0.4 is 16.6 Å². The lowest BCUT2D eigenvalue weighted by Crippen LogP contribution is -2.16. The first-order valence-corrected chi connectivity index (χ1v) is 7.86. The highest BCUT2D eigenvalue weighted by atomic mass is 35.5. The number of aromatic nitrogens is 2. The maximum atomic E-state index is 11.4. The van der Waals surface area contributed by atoms with Crippen molar-refractivity contribution in [2.24, 2.45) is 0 Å². The van der Waals surface area contributed by atoms with Crippen molar-refractivity contribution in [2.75, 3.05) is 5.73 Å². The fourth-order valence-corrected chi connectivity index (χ4v) is 3.04. The Labute approximate surface area is 131 Å². The van der Waals surface area contributed by atoms with Gasteiger partial charge in [0.15, 0.2) is 5.16 Å². The number of anilines is 1. The van der Waals surface area contributed by atoms with Gasteiger partial charge < -0.3 is 16.0 Å². The molecular weight excluding hydrogens is 308 g/mol. The number of benzene rings is 1. The van der Waals surface area contributed by atoms with Crippen LogP contribution in [-0.4, -0.2) is 16.0 Å². The molecule has 1 fully saturated rings. The zero-order chi connectivity index (χ0) is 14.8. The first kappa shape index (κ1) is 14.4. The van der Waals surface area contributed by atoms with Crippen LogP contribution >= 0.6 is 23.4 Å². The third kappa shape index (κ3) is 4.00. The summed E-state index contributed by atoms with van der Waals surface area (Å²) >= 11 is 7.45. The van der Waals surface area contributed by atoms with Gasteiger partial charge in [-0.2, -0.15) is 0 Å². The smallest absolute Gasteiger partial charge is 0.253 e. The van der Waals surface area contributed by atoms with Crippen molar-refractivity contribution in [3.63, 3.8) is 0 Å². The lowest BCUT2D eigenvalue weighted by Gasteiger charge is -2.10. The number of H-pyrrole nitrogens is 1. The second kappa shape index (κ2) is 6.09. The molecule has 110 valence electrons. The summed E-state index contributed by atoms with van der Waals surface area (Å²) in [5.41, 5.74) is 6.44. The Morgan fingerprint density at radius 2 is 2.24 bits per heavy atom. The van der Waals surface area contributed by atoms with Crippen molar-refractivity contribution < 1.29 is 0 Å². The lowest BCUT2D eigenvalue weighted by molar-refractivity contribution is 0.680. The van der Waals surface area contributed by atoms with Crippen LogP contribution in [-0.2, 0) is 6.54 Å². The number of nitrogen functional groups attached to an aromatic ring is 1. The molecule has 1 aromatic carbocycles. The largest absolute Gasteiger partial charge is 0.383 e. The molecular formula is C14H15ClN4OS. The van der Waals surface area contributed by atoms with E-state index in [2.05, 4.69) is 15.3 Å². The van der Waals surface area contributed by atoms with Crippen LogP contribution in [0.2, 0.25) is 5.02 Å². The van der Waals surface area contributed by atoms with Gasteiger partial charge in [0, 0.05) is 28.6 Å². The Balaban J connectivity index is 1.84. The number of hydrogen-bond donors (Lipinski definition) is 3. The second-order valence-electron chi connectivity index (χ2n) is 4.98. The van der Waals surface area contributed by atoms with Gasteiger partial charge in [-0.15, -0.1) is 0 Å². The fraction of sp³-hybridized carbons (Fsp3) is 0.286. The molecule has 2 aromatic rings. The van der Waals surface area contributed by atoms with Crippen LogP contribution in [0.25, 0.3) is 0 Å². The van der Waals surface area contributed by atoms with Crippen molar-refractivity contribution in [3.8, 4) is 0 Å². The quantitative estimate of drug-likeness (QED) is 0.736. The van der Waals surface area contributed by atoms with Crippen LogP contribution in [0, 0.1) is 0 Å². The van der Waals surface area contributed by atoms with Crippen molar-refractivity contribution in [1.82, 2.24) is 15.3 Å². The van der Waals surface area contributed by atoms with Gasteiger partial charge in [0.25, 0.3) is 5.56 Å². The first-order valence-electron chi connectivity index (χ1n) is 6.66. The summed E-state index contributed by atoms with van der Waals surface area (Å²) in [5.74, 6) is 0.216. The van der Waals surface area contributed by atoms with E-state index in [-0.39, 0.29) is 11.4 Å². The highest BCUT2D eigenvalue weighted by Gasteiger charge is 2.20. The van der Waals surface area contributed by atoms with Gasteiger partial charge in [0.1, 0.15) is 5.82 Å². The highest BCUT2D eigenvalue weighted by molar-refractivity contribution is 7.99. The lowest BCUT2D eigenvalue weighted by atomic mass is 10.2. The van der Waals surface area contributed by atoms with Gasteiger partial charge in [-0.3, -0.25) is 4.79 Å². The van der Waals surface area contributed by atoms with E-state index in [1.807, 2.05) is 18.2 Å². The van der Waals surface area contributed by atoms with Gasteiger partial charge >= 0.3 is 0 Å². The summed E-state index contributed by atoms with van der Waals surface area (Å²) in [6, 6.07) is 7.58. The van der Waals surface area contributed by atoms with Crippen molar-refractivity contribution >= 4 is 29.2 Å². The predicted molar refractivity (Wildman–Crippen MR) is 84.7 cm³/mol. The Kier molecular flexibility index (Phi) is 4.19. The zero-order valence-electron chi connectivity index (χ0n) is 11.2. The molecule has 7 heteroatoms. The number of nitrogens with two attached hydrogens (primary N) is 1. The van der Waals surface area contributed by atoms with Gasteiger partial charge in [-0.05, 0) is 36.6 Å². The maximum absolute atomic E-state index is 11.4. The molecule has 0 unspecified atom stereocenters. The van der Waals surface area contributed by atoms with Crippen LogP contribution in [0.1, 0.15) is 18.4 Å². The number of aromatic amines is 1. The van der Waals surface area contributed by atoms with E-state index >= 15 is 0 Å². The molecule has 0 saturated heterocycles. The molecule has 1 saturated carbocycles. The Morgan fingerprint density at radius 1 is 1.43 bits per heavy atom. The summed E-state index contributed by atoms with van der Waals surface area (Å²) in [5, 5.41) is 4.64. The summed E-state index contributed by atoms with van der Waals surface area (Å²) in [7, 11) is 0. The van der Waals surface area contributed by atoms with Crippen molar-refractivity contribution in [1.29, 1.82) is 0 Å². The molecule has 0 amide bonds. The van der Waals surface area contributed by atoms with E-state index in [9.17, 15) is 4.79 Å². The van der Waals surface area contributed by atoms with Crippen LogP contribution in [0.4, 0.5) is 5.82 Å². The van der Waals surface area contributed by atoms with Crippen molar-refractivity contribution in [3.05, 3.63) is 45.2 Å². The molecule has 0 atom stereocenters. The zero-order valence-corrected chi connectivity index (χ0v) is 12.8. The maximum Gasteiger partial charge on any atom is 0.253 e. The van der Waals surface area contributed by atoms with E-state index in [0.29, 0.717) is 16.2 Å². The SMILES string of the molecule is Nc1cc(=O)[nH]c(Sc2ccc(Cl)cc2CNC2CC2)n1. The molecule has 0 radical (unpaired) electrons. The molecule has 4 N–H and O–H groups in total. The molecule has 3 rings (SSSR count). The predicted octanol–water partition coefficient (Wildman–Crippen LogP) is 2.41. The molecule has 5 nitrogen and oxygen atoms in total. The molecule has 1 aromatic heterocycles. The summed E-state index contributed by atoms with van der Waals surface area (Å²) in [6.07, 6.45) is 2.46. The monoisotopic (exact) mass is 322 g/mol. The van der Waals surface area contributed by atoms with E-state index in [1.165, 1.54) is 30.7 Å². The molecule has 1 heterocycles. The summed E-state index contributed by atoms with van der Waals surface area (Å²) < 4.78 is 0. The van der Waals surface area contributed by atoms with E-state index in [0.717, 1.165) is 17.0 Å². The average Bonchev–Trinajstić information content (AvgIpc) is 3.22. The molecule has 1 aliphatic carbocycles.